The van der Waals surface area contributed by atoms with Crippen molar-refractivity contribution >= 4 is 19.0 Å². The van der Waals surface area contributed by atoms with Crippen LogP contribution in [0.1, 0.15) is 32.4 Å². The van der Waals surface area contributed by atoms with Gasteiger partial charge in [0, 0.05) is 44.5 Å². The molecule has 216 valence electrons. The number of fused-ring (bicyclic) bond motifs is 1. The maximum Gasteiger partial charge on any atom is 0.214 e. The lowest BCUT2D eigenvalue weighted by Gasteiger charge is -2.23. The molecule has 0 bridgehead atoms. The summed E-state index contributed by atoms with van der Waals surface area (Å²) in [6.45, 7) is 12.4. The summed E-state index contributed by atoms with van der Waals surface area (Å²) < 4.78 is 32.6. The van der Waals surface area contributed by atoms with Crippen molar-refractivity contribution < 1.29 is 28.8 Å². The van der Waals surface area contributed by atoms with Gasteiger partial charge in [0.05, 0.1) is 50.4 Å². The summed E-state index contributed by atoms with van der Waals surface area (Å²) >= 11 is 0. The Morgan fingerprint density at radius 3 is 2.77 bits per heavy atom. The third-order valence-electron chi connectivity index (χ3n) is 6.45. The molecule has 0 aliphatic carbocycles. The van der Waals surface area contributed by atoms with E-state index in [0.717, 1.165) is 60.7 Å². The number of aromatic nitrogens is 5. The summed E-state index contributed by atoms with van der Waals surface area (Å²) in [6, 6.07) is 3.05. The van der Waals surface area contributed by atoms with Crippen LogP contribution in [0, 0.1) is 0 Å². The number of ether oxygens (including phenoxy) is 5. The lowest BCUT2D eigenvalue weighted by Crippen LogP contribution is -2.22. The first-order valence-electron chi connectivity index (χ1n) is 13.9. The minimum absolute atomic E-state index is 0.00549. The van der Waals surface area contributed by atoms with Crippen molar-refractivity contribution in [1.82, 2.24) is 24.5 Å². The van der Waals surface area contributed by atoms with Gasteiger partial charge in [-0.25, -0.2) is 14.3 Å². The molecule has 0 spiro atoms. The maximum absolute atomic E-state index is 8.78. The van der Waals surface area contributed by atoms with Gasteiger partial charge in [-0.05, 0) is 32.2 Å². The number of hydrogen-bond acceptors (Lipinski definition) is 9. The van der Waals surface area contributed by atoms with Crippen LogP contribution < -0.4 is 4.74 Å². The molecule has 0 aromatic carbocycles. The van der Waals surface area contributed by atoms with E-state index in [0.29, 0.717) is 39.0 Å². The summed E-state index contributed by atoms with van der Waals surface area (Å²) in [5.41, 5.74) is 2.61. The van der Waals surface area contributed by atoms with E-state index in [2.05, 4.69) is 29.7 Å². The Balaban J connectivity index is 1.48. The zero-order valence-corrected chi connectivity index (χ0v) is 24.7. The van der Waals surface area contributed by atoms with Crippen molar-refractivity contribution in [3.05, 3.63) is 24.7 Å². The molecule has 11 nitrogen and oxygen atoms in total. The van der Waals surface area contributed by atoms with Gasteiger partial charge in [0.1, 0.15) is 19.0 Å². The Bertz CT molecular complexity index is 1160. The average molecular weight is 562 g/mol. The van der Waals surface area contributed by atoms with Crippen LogP contribution in [0.15, 0.2) is 24.7 Å². The van der Waals surface area contributed by atoms with Gasteiger partial charge in [0.2, 0.25) is 5.88 Å². The number of nitrogens with zero attached hydrogens (tertiary/aromatic N) is 5. The van der Waals surface area contributed by atoms with Gasteiger partial charge in [-0.2, -0.15) is 10.2 Å². The SMILES string of the molecule is CC(COc1cc2c(-c3cnn(COCC[Si](C)(C)C)c3)nn(C3CCCCO3)c2cn1)OCCOCCO. The molecule has 2 atom stereocenters. The Morgan fingerprint density at radius 1 is 1.13 bits per heavy atom. The maximum atomic E-state index is 8.78. The van der Waals surface area contributed by atoms with Crippen LogP contribution in [0.25, 0.3) is 22.2 Å². The molecular weight excluding hydrogens is 518 g/mol. The molecule has 12 heteroatoms. The molecule has 2 unspecified atom stereocenters. The van der Waals surface area contributed by atoms with Gasteiger partial charge in [-0.3, -0.25) is 0 Å². The molecule has 3 aromatic heterocycles. The van der Waals surface area contributed by atoms with Crippen LogP contribution in [0.3, 0.4) is 0 Å². The first kappa shape index (κ1) is 29.6. The zero-order valence-electron chi connectivity index (χ0n) is 23.7. The average Bonchev–Trinajstić information content (AvgIpc) is 3.54. The van der Waals surface area contributed by atoms with Gasteiger partial charge in [-0.1, -0.05) is 19.6 Å². The highest BCUT2D eigenvalue weighted by molar-refractivity contribution is 6.76. The molecule has 1 aliphatic heterocycles. The Morgan fingerprint density at radius 2 is 2.00 bits per heavy atom. The van der Waals surface area contributed by atoms with Gasteiger partial charge < -0.3 is 28.8 Å². The lowest BCUT2D eigenvalue weighted by atomic mass is 10.1. The highest BCUT2D eigenvalue weighted by Crippen LogP contribution is 2.34. The number of aliphatic hydroxyl groups excluding tert-OH is 1. The topological polar surface area (TPSA) is 115 Å². The van der Waals surface area contributed by atoms with E-state index >= 15 is 0 Å². The molecular formula is C27H43N5O6Si. The van der Waals surface area contributed by atoms with Gasteiger partial charge >= 0.3 is 0 Å². The minimum atomic E-state index is -1.14. The van der Waals surface area contributed by atoms with Crippen molar-refractivity contribution in [1.29, 1.82) is 0 Å². The molecule has 1 fully saturated rings. The Labute approximate surface area is 231 Å². The largest absolute Gasteiger partial charge is 0.475 e. The highest BCUT2D eigenvalue weighted by atomic mass is 28.3. The predicted molar refractivity (Wildman–Crippen MR) is 151 cm³/mol. The molecule has 4 rings (SSSR count). The number of aliphatic hydroxyl groups is 1. The van der Waals surface area contributed by atoms with Crippen LogP contribution in [0.5, 0.6) is 5.88 Å². The number of hydrogen-bond donors (Lipinski definition) is 1. The fourth-order valence-corrected chi connectivity index (χ4v) is 5.02. The van der Waals surface area contributed by atoms with Crippen LogP contribution in [-0.2, 0) is 25.7 Å². The van der Waals surface area contributed by atoms with Gasteiger partial charge in [0.25, 0.3) is 0 Å². The zero-order chi connectivity index (χ0) is 27.7. The third-order valence-corrected chi connectivity index (χ3v) is 8.16. The number of rotatable bonds is 16. The Kier molecular flexibility index (Phi) is 10.9. The minimum Gasteiger partial charge on any atom is -0.475 e. The molecule has 0 radical (unpaired) electrons. The third kappa shape index (κ3) is 8.82. The molecule has 1 saturated heterocycles. The molecule has 1 N–H and O–H groups in total. The van der Waals surface area contributed by atoms with E-state index in [1.807, 2.05) is 34.7 Å². The van der Waals surface area contributed by atoms with Crippen molar-refractivity contribution in [2.45, 2.75) is 70.9 Å². The normalized spacial score (nSPS) is 17.1. The molecule has 4 heterocycles. The van der Waals surface area contributed by atoms with Crippen molar-refractivity contribution in [3.63, 3.8) is 0 Å². The van der Waals surface area contributed by atoms with E-state index in [1.54, 1.807) is 6.20 Å². The summed E-state index contributed by atoms with van der Waals surface area (Å²) in [5, 5.41) is 19.2. The molecule has 1 aliphatic rings. The van der Waals surface area contributed by atoms with E-state index in [4.69, 9.17) is 33.9 Å². The van der Waals surface area contributed by atoms with Crippen LogP contribution >= 0.6 is 0 Å². The summed E-state index contributed by atoms with van der Waals surface area (Å²) in [5.74, 6) is 0.502. The van der Waals surface area contributed by atoms with Crippen molar-refractivity contribution in [2.75, 3.05) is 46.2 Å². The molecule has 39 heavy (non-hydrogen) atoms. The first-order chi connectivity index (χ1) is 18.8. The fourth-order valence-electron chi connectivity index (χ4n) is 4.26. The van der Waals surface area contributed by atoms with Gasteiger partial charge in [0.15, 0.2) is 6.23 Å². The summed E-state index contributed by atoms with van der Waals surface area (Å²) in [7, 11) is -1.14. The Hall–Kier alpha value is -2.35. The second kappa shape index (κ2) is 14.3. The van der Waals surface area contributed by atoms with Crippen LogP contribution in [0.2, 0.25) is 25.7 Å². The quantitative estimate of drug-likeness (QED) is 0.204. The molecule has 3 aromatic rings. The van der Waals surface area contributed by atoms with E-state index < -0.39 is 8.07 Å². The molecule has 0 amide bonds. The summed E-state index contributed by atoms with van der Waals surface area (Å²) in [4.78, 5) is 4.55. The van der Waals surface area contributed by atoms with Gasteiger partial charge in [-0.15, -0.1) is 0 Å². The van der Waals surface area contributed by atoms with Crippen molar-refractivity contribution in [3.8, 4) is 17.1 Å². The highest BCUT2D eigenvalue weighted by Gasteiger charge is 2.23. The summed E-state index contributed by atoms with van der Waals surface area (Å²) in [6.07, 6.45) is 8.42. The van der Waals surface area contributed by atoms with Crippen LogP contribution in [-0.4, -0.2) is 90.1 Å². The van der Waals surface area contributed by atoms with E-state index in [9.17, 15) is 0 Å². The lowest BCUT2D eigenvalue weighted by molar-refractivity contribution is -0.0365. The second-order valence-electron chi connectivity index (χ2n) is 11.1. The second-order valence-corrected chi connectivity index (χ2v) is 16.7. The predicted octanol–water partition coefficient (Wildman–Crippen LogP) is 4.10. The van der Waals surface area contributed by atoms with Crippen LogP contribution in [0.4, 0.5) is 0 Å². The van der Waals surface area contributed by atoms with E-state index in [-0.39, 0.29) is 18.9 Å². The standard InChI is InChI=1S/C27H43N5O6Si/c1-21(36-12-11-34-10-8-33)19-38-25-15-23-24(17-28-25)32(26-7-5-6-9-37-26)30-27(23)22-16-29-31(18-22)20-35-13-14-39(2,3)4/h15-18,21,26,33H,5-14,19-20H2,1-4H3. The smallest absolute Gasteiger partial charge is 0.214 e. The van der Waals surface area contributed by atoms with E-state index in [1.165, 1.54) is 0 Å². The first-order valence-corrected chi connectivity index (χ1v) is 17.6. The monoisotopic (exact) mass is 561 g/mol. The van der Waals surface area contributed by atoms with Crippen molar-refractivity contribution in [2.24, 2.45) is 0 Å². The number of pyridine rings is 1. The fraction of sp³-hybridized carbons (Fsp3) is 0.667. The molecule has 0 saturated carbocycles.